The fourth-order valence-corrected chi connectivity index (χ4v) is 3.46. The van der Waals surface area contributed by atoms with E-state index in [1.165, 1.54) is 0 Å². The van der Waals surface area contributed by atoms with E-state index in [1.807, 2.05) is 78.9 Å². The van der Waals surface area contributed by atoms with Crippen molar-refractivity contribution in [2.45, 2.75) is 6.42 Å². The van der Waals surface area contributed by atoms with Crippen molar-refractivity contribution in [2.24, 2.45) is 0 Å². The van der Waals surface area contributed by atoms with Gasteiger partial charge in [-0.05, 0) is 35.4 Å². The monoisotopic (exact) mass is 448 g/mol. The number of nitrogens with zero attached hydrogens (tertiary/aromatic N) is 2. The lowest BCUT2D eigenvalue weighted by Gasteiger charge is -2.13. The average Bonchev–Trinajstić information content (AvgIpc) is 2.79. The van der Waals surface area contributed by atoms with Crippen LogP contribution in [0.15, 0.2) is 84.9 Å². The second-order valence-corrected chi connectivity index (χ2v) is 7.66. The Morgan fingerprint density at radius 1 is 0.806 bits per heavy atom. The lowest BCUT2D eigenvalue weighted by atomic mass is 10.00. The van der Waals surface area contributed by atoms with Crippen molar-refractivity contribution in [1.29, 1.82) is 0 Å². The number of hydrogen-bond acceptors (Lipinski definition) is 4. The lowest BCUT2D eigenvalue weighted by molar-refractivity contribution is -0.119. The summed E-state index contributed by atoms with van der Waals surface area (Å²) in [4.78, 5) is 12.3. The number of nitrogens with one attached hydrogen (secondary N) is 2. The number of benzene rings is 3. The maximum absolute atomic E-state index is 12.3. The number of aromatic nitrogens is 2. The number of carbonyl (C=O) groups excluding carboxylic acids is 1. The molecule has 1 aromatic heterocycles. The summed E-state index contributed by atoms with van der Waals surface area (Å²) >= 11 is 12.5. The van der Waals surface area contributed by atoms with Crippen LogP contribution in [0, 0.1) is 0 Å². The minimum Gasteiger partial charge on any atom is -0.280 e. The van der Waals surface area contributed by atoms with Gasteiger partial charge < -0.3 is 0 Å². The third kappa shape index (κ3) is 5.20. The second kappa shape index (κ2) is 9.60. The smallest absolute Gasteiger partial charge is 0.242 e. The molecule has 0 spiro atoms. The molecule has 0 bridgehead atoms. The molecule has 5 nitrogen and oxygen atoms in total. The molecule has 3 aromatic carbocycles. The van der Waals surface area contributed by atoms with Crippen LogP contribution in [-0.2, 0) is 11.2 Å². The molecule has 1 heterocycles. The molecule has 4 rings (SSSR count). The molecule has 7 heteroatoms. The van der Waals surface area contributed by atoms with Crippen molar-refractivity contribution in [3.8, 4) is 22.4 Å². The molecule has 0 saturated carbocycles. The molecule has 2 N–H and O–H groups in total. The number of hydrogen-bond donors (Lipinski definition) is 2. The highest BCUT2D eigenvalue weighted by Gasteiger charge is 2.14. The molecule has 0 atom stereocenters. The van der Waals surface area contributed by atoms with Gasteiger partial charge >= 0.3 is 0 Å². The molecule has 1 amide bonds. The Morgan fingerprint density at radius 3 is 2.26 bits per heavy atom. The van der Waals surface area contributed by atoms with Crippen LogP contribution < -0.4 is 10.9 Å². The van der Waals surface area contributed by atoms with Gasteiger partial charge in [0, 0.05) is 16.1 Å². The van der Waals surface area contributed by atoms with Gasteiger partial charge in [-0.25, -0.2) is 0 Å². The molecule has 0 aliphatic rings. The fraction of sp³-hybridized carbons (Fsp3) is 0.0417. The maximum Gasteiger partial charge on any atom is 0.242 e. The van der Waals surface area contributed by atoms with E-state index in [0.29, 0.717) is 21.6 Å². The first kappa shape index (κ1) is 20.8. The summed E-state index contributed by atoms with van der Waals surface area (Å²) in [5, 5.41) is 9.82. The summed E-state index contributed by atoms with van der Waals surface area (Å²) in [6.45, 7) is 0. The Kier molecular flexibility index (Phi) is 6.46. The minimum absolute atomic E-state index is 0.184. The first-order valence-electron chi connectivity index (χ1n) is 9.57. The molecule has 4 aromatic rings. The third-order valence-electron chi connectivity index (χ3n) is 4.62. The number of anilines is 1. The van der Waals surface area contributed by atoms with E-state index in [-0.39, 0.29) is 12.3 Å². The number of amides is 1. The largest absolute Gasteiger partial charge is 0.280 e. The van der Waals surface area contributed by atoms with E-state index >= 15 is 0 Å². The number of rotatable bonds is 6. The SMILES string of the molecule is O=C(Cc1ccccc1)NNc1cc(-c2ccc(Cl)cc2)c(-c2ccccc2Cl)nn1. The van der Waals surface area contributed by atoms with Crippen LogP contribution in [0.25, 0.3) is 22.4 Å². The van der Waals surface area contributed by atoms with E-state index < -0.39 is 0 Å². The molecule has 0 saturated heterocycles. The summed E-state index contributed by atoms with van der Waals surface area (Å²) in [5.74, 6) is 0.221. The van der Waals surface area contributed by atoms with Gasteiger partial charge in [0.1, 0.15) is 5.69 Å². The van der Waals surface area contributed by atoms with Gasteiger partial charge in [-0.3, -0.25) is 15.6 Å². The second-order valence-electron chi connectivity index (χ2n) is 6.81. The zero-order valence-electron chi connectivity index (χ0n) is 16.3. The summed E-state index contributed by atoms with van der Waals surface area (Å²) in [5.41, 5.74) is 9.53. The number of halogens is 2. The van der Waals surface area contributed by atoms with E-state index in [9.17, 15) is 4.79 Å². The third-order valence-corrected chi connectivity index (χ3v) is 5.20. The first-order chi connectivity index (χ1) is 15.1. The van der Waals surface area contributed by atoms with Crippen LogP contribution in [0.1, 0.15) is 5.56 Å². The number of hydrazine groups is 1. The van der Waals surface area contributed by atoms with E-state index in [4.69, 9.17) is 23.2 Å². The van der Waals surface area contributed by atoms with Gasteiger partial charge in [0.2, 0.25) is 5.91 Å². The van der Waals surface area contributed by atoms with Gasteiger partial charge in [0.25, 0.3) is 0 Å². The standard InChI is InChI=1S/C24H18Cl2N4O/c25-18-12-10-17(11-13-18)20-15-22(27-29-23(31)14-16-6-2-1-3-7-16)28-30-24(20)19-8-4-5-9-21(19)26/h1-13,15H,14H2,(H,27,28)(H,29,31). The molecule has 0 fully saturated rings. The van der Waals surface area contributed by atoms with E-state index in [1.54, 1.807) is 6.07 Å². The highest BCUT2D eigenvalue weighted by Crippen LogP contribution is 2.35. The Labute approximate surface area is 190 Å². The molecular formula is C24H18Cl2N4O. The Bertz CT molecular complexity index is 1200. The molecule has 31 heavy (non-hydrogen) atoms. The minimum atomic E-state index is -0.184. The maximum atomic E-state index is 12.3. The molecule has 0 aliphatic carbocycles. The molecule has 154 valence electrons. The number of carbonyl (C=O) groups is 1. The first-order valence-corrected chi connectivity index (χ1v) is 10.3. The predicted octanol–water partition coefficient (Wildman–Crippen LogP) is 5.80. The van der Waals surface area contributed by atoms with Crippen molar-refractivity contribution < 1.29 is 4.79 Å². The molecule has 0 aliphatic heterocycles. The van der Waals surface area contributed by atoms with Crippen LogP contribution in [0.4, 0.5) is 5.82 Å². The quantitative estimate of drug-likeness (QED) is 0.365. The van der Waals surface area contributed by atoms with Crippen molar-refractivity contribution >= 4 is 34.9 Å². The van der Waals surface area contributed by atoms with Crippen LogP contribution in [-0.4, -0.2) is 16.1 Å². The van der Waals surface area contributed by atoms with E-state index in [2.05, 4.69) is 21.0 Å². The van der Waals surface area contributed by atoms with Crippen LogP contribution in [0.2, 0.25) is 10.0 Å². The van der Waals surface area contributed by atoms with Crippen molar-refractivity contribution in [1.82, 2.24) is 15.6 Å². The Morgan fingerprint density at radius 2 is 1.52 bits per heavy atom. The average molecular weight is 449 g/mol. The Balaban J connectivity index is 1.61. The summed E-state index contributed by atoms with van der Waals surface area (Å²) in [7, 11) is 0. The van der Waals surface area contributed by atoms with Gasteiger partial charge in [0.05, 0.1) is 11.4 Å². The van der Waals surface area contributed by atoms with Crippen LogP contribution in [0.3, 0.4) is 0 Å². The van der Waals surface area contributed by atoms with Gasteiger partial charge in [-0.1, -0.05) is 83.9 Å². The molecular weight excluding hydrogens is 431 g/mol. The zero-order valence-corrected chi connectivity index (χ0v) is 17.9. The lowest BCUT2D eigenvalue weighted by Crippen LogP contribution is -2.31. The summed E-state index contributed by atoms with van der Waals surface area (Å²) in [6, 6.07) is 26.2. The Hall–Kier alpha value is -3.41. The van der Waals surface area contributed by atoms with Gasteiger partial charge in [-0.2, -0.15) is 0 Å². The zero-order chi connectivity index (χ0) is 21.6. The molecule has 0 radical (unpaired) electrons. The van der Waals surface area contributed by atoms with Gasteiger partial charge in [-0.15, -0.1) is 10.2 Å². The van der Waals surface area contributed by atoms with Crippen molar-refractivity contribution in [3.05, 3.63) is 101 Å². The highest BCUT2D eigenvalue weighted by atomic mass is 35.5. The summed E-state index contributed by atoms with van der Waals surface area (Å²) in [6.07, 6.45) is 0.253. The molecule has 0 unspecified atom stereocenters. The van der Waals surface area contributed by atoms with Crippen LogP contribution in [0.5, 0.6) is 0 Å². The van der Waals surface area contributed by atoms with E-state index in [0.717, 1.165) is 22.3 Å². The van der Waals surface area contributed by atoms with Crippen molar-refractivity contribution in [3.63, 3.8) is 0 Å². The van der Waals surface area contributed by atoms with Crippen molar-refractivity contribution in [2.75, 3.05) is 5.43 Å². The predicted molar refractivity (Wildman–Crippen MR) is 125 cm³/mol. The topological polar surface area (TPSA) is 66.9 Å². The van der Waals surface area contributed by atoms with Crippen LogP contribution >= 0.6 is 23.2 Å². The normalized spacial score (nSPS) is 10.5. The van der Waals surface area contributed by atoms with Gasteiger partial charge in [0.15, 0.2) is 5.82 Å². The summed E-state index contributed by atoms with van der Waals surface area (Å²) < 4.78 is 0. The fourth-order valence-electron chi connectivity index (χ4n) is 3.11. The highest BCUT2D eigenvalue weighted by molar-refractivity contribution is 6.33.